The molecule has 42 heavy (non-hydrogen) atoms. The molecule has 248 valence electrons. The van der Waals surface area contributed by atoms with Crippen LogP contribution in [0.3, 0.4) is 0 Å². The molecule has 1 saturated heterocycles. The minimum atomic E-state index is 0.0481. The second kappa shape index (κ2) is 22.9. The first-order valence-corrected chi connectivity index (χ1v) is 19.4. The molecule has 0 aromatic carbocycles. The molecule has 0 radical (unpaired) electrons. The Morgan fingerprint density at radius 3 is 2.07 bits per heavy atom. The molecule has 1 saturated carbocycles. The summed E-state index contributed by atoms with van der Waals surface area (Å²) in [6.45, 7) is 13.1. The molecule has 1 heterocycles. The van der Waals surface area contributed by atoms with Crippen LogP contribution < -0.4 is 0 Å². The molecule has 1 aliphatic heterocycles. The Morgan fingerprint density at radius 2 is 1.36 bits per heavy atom. The number of fused-ring (bicyclic) bond motifs is 1. The van der Waals surface area contributed by atoms with E-state index in [0.29, 0.717) is 12.0 Å². The van der Waals surface area contributed by atoms with Crippen LogP contribution in [0.2, 0.25) is 0 Å². The number of piperidine rings is 1. The smallest absolute Gasteiger partial charge is 0.306 e. The molecule has 2 rings (SSSR count). The van der Waals surface area contributed by atoms with Gasteiger partial charge in [-0.3, -0.25) is 9.69 Å². The fourth-order valence-corrected chi connectivity index (χ4v) is 8.54. The van der Waals surface area contributed by atoms with Gasteiger partial charge in [0.25, 0.3) is 0 Å². The molecule has 0 N–H and O–H groups in total. The van der Waals surface area contributed by atoms with E-state index in [1.165, 1.54) is 148 Å². The lowest BCUT2D eigenvalue weighted by atomic mass is 9.64. The molecule has 0 aromatic heterocycles. The van der Waals surface area contributed by atoms with Gasteiger partial charge >= 0.3 is 5.97 Å². The van der Waals surface area contributed by atoms with Gasteiger partial charge in [0.05, 0.1) is 0 Å². The third kappa shape index (κ3) is 14.0. The first kappa shape index (κ1) is 37.6. The van der Waals surface area contributed by atoms with Gasteiger partial charge in [0.2, 0.25) is 0 Å². The number of hydrogen-bond acceptors (Lipinski definition) is 3. The molecule has 0 aromatic rings. The first-order valence-electron chi connectivity index (χ1n) is 19.4. The van der Waals surface area contributed by atoms with Crippen molar-refractivity contribution in [1.29, 1.82) is 0 Å². The summed E-state index contributed by atoms with van der Waals surface area (Å²) in [5, 5.41) is 0. The second-order valence-electron chi connectivity index (χ2n) is 14.7. The number of esters is 1. The molecular weight excluding hydrogens is 514 g/mol. The van der Waals surface area contributed by atoms with Gasteiger partial charge < -0.3 is 4.74 Å². The summed E-state index contributed by atoms with van der Waals surface area (Å²) in [7, 11) is 0. The normalized spacial score (nSPS) is 25.3. The van der Waals surface area contributed by atoms with E-state index >= 15 is 0 Å². The number of carbonyl (C=O) groups is 1. The second-order valence-corrected chi connectivity index (χ2v) is 14.7. The summed E-state index contributed by atoms with van der Waals surface area (Å²) < 4.78 is 6.01. The zero-order valence-electron chi connectivity index (χ0n) is 29.4. The third-order valence-corrected chi connectivity index (χ3v) is 11.0. The van der Waals surface area contributed by atoms with Gasteiger partial charge in [-0.1, -0.05) is 137 Å². The van der Waals surface area contributed by atoms with E-state index in [0.717, 1.165) is 43.6 Å². The predicted octanol–water partition coefficient (Wildman–Crippen LogP) is 12.2. The number of ether oxygens (including phenoxy) is 1. The van der Waals surface area contributed by atoms with Crippen LogP contribution in [0.15, 0.2) is 0 Å². The zero-order chi connectivity index (χ0) is 30.5. The lowest BCUT2D eigenvalue weighted by molar-refractivity contribution is -0.150. The van der Waals surface area contributed by atoms with E-state index in [1.807, 2.05) is 0 Å². The van der Waals surface area contributed by atoms with Crippen molar-refractivity contribution in [3.05, 3.63) is 0 Å². The average molecular weight is 590 g/mol. The third-order valence-electron chi connectivity index (χ3n) is 11.0. The monoisotopic (exact) mass is 590 g/mol. The summed E-state index contributed by atoms with van der Waals surface area (Å²) in [5.41, 5.74) is 0.388. The highest BCUT2D eigenvalue weighted by Gasteiger charge is 2.48. The fraction of sp³-hybridized carbons (Fsp3) is 0.974. The Hall–Kier alpha value is -0.570. The average Bonchev–Trinajstić information content (AvgIpc) is 2.99. The van der Waals surface area contributed by atoms with E-state index in [-0.39, 0.29) is 12.1 Å². The standard InChI is InChI=1S/C39H75NO2/c1-6-10-14-18-25-34-33-39(5,31-23-16-12-8-3)40(37-29-22-21-28-36(34)37)32-24-17-19-27-35(26-13-9-4)42-38(41)30-20-15-11-7-2/h34-37H,6-33H2,1-5H3. The van der Waals surface area contributed by atoms with E-state index in [4.69, 9.17) is 4.74 Å². The number of nitrogens with zero attached hydrogens (tertiary/aromatic N) is 1. The molecule has 3 heteroatoms. The minimum absolute atomic E-state index is 0.0481. The summed E-state index contributed by atoms with van der Waals surface area (Å²) in [5.74, 6) is 1.95. The highest BCUT2D eigenvalue weighted by Crippen LogP contribution is 2.49. The number of likely N-dealkylation sites (tertiary alicyclic amines) is 1. The van der Waals surface area contributed by atoms with Crippen LogP contribution in [0.5, 0.6) is 0 Å². The van der Waals surface area contributed by atoms with Crippen LogP contribution in [0.25, 0.3) is 0 Å². The topological polar surface area (TPSA) is 29.5 Å². The van der Waals surface area contributed by atoms with Crippen LogP contribution in [0.1, 0.15) is 208 Å². The molecule has 2 fully saturated rings. The molecule has 3 nitrogen and oxygen atoms in total. The van der Waals surface area contributed by atoms with Crippen LogP contribution >= 0.6 is 0 Å². The predicted molar refractivity (Wildman–Crippen MR) is 183 cm³/mol. The van der Waals surface area contributed by atoms with E-state index < -0.39 is 0 Å². The summed E-state index contributed by atoms with van der Waals surface area (Å²) in [4.78, 5) is 15.6. The van der Waals surface area contributed by atoms with Gasteiger partial charge in [-0.25, -0.2) is 0 Å². The Labute approximate surface area is 264 Å². The van der Waals surface area contributed by atoms with Crippen molar-refractivity contribution in [3.8, 4) is 0 Å². The highest BCUT2D eigenvalue weighted by atomic mass is 16.5. The maximum Gasteiger partial charge on any atom is 0.306 e. The number of rotatable bonds is 25. The molecule has 1 aliphatic carbocycles. The van der Waals surface area contributed by atoms with Crippen LogP contribution in [-0.4, -0.2) is 35.1 Å². The van der Waals surface area contributed by atoms with Gasteiger partial charge in [0, 0.05) is 18.0 Å². The van der Waals surface area contributed by atoms with Crippen molar-refractivity contribution < 1.29 is 9.53 Å². The molecule has 0 amide bonds. The summed E-state index contributed by atoms with van der Waals surface area (Å²) >= 11 is 0. The van der Waals surface area contributed by atoms with Crippen LogP contribution in [0, 0.1) is 11.8 Å². The van der Waals surface area contributed by atoms with Crippen molar-refractivity contribution in [3.63, 3.8) is 0 Å². The van der Waals surface area contributed by atoms with Crippen molar-refractivity contribution in [2.75, 3.05) is 6.54 Å². The van der Waals surface area contributed by atoms with Crippen molar-refractivity contribution >= 4 is 5.97 Å². The Balaban J connectivity index is 1.94. The van der Waals surface area contributed by atoms with Gasteiger partial charge in [0.15, 0.2) is 0 Å². The number of unbranched alkanes of at least 4 members (excludes halogenated alkanes) is 12. The van der Waals surface area contributed by atoms with Crippen LogP contribution in [0.4, 0.5) is 0 Å². The highest BCUT2D eigenvalue weighted by molar-refractivity contribution is 5.69. The molecule has 5 unspecified atom stereocenters. The van der Waals surface area contributed by atoms with E-state index in [9.17, 15) is 4.79 Å². The summed E-state index contributed by atoms with van der Waals surface area (Å²) in [6, 6.07) is 0.825. The number of hydrogen-bond donors (Lipinski definition) is 0. The maximum atomic E-state index is 12.5. The minimum Gasteiger partial charge on any atom is -0.462 e. The Bertz CT molecular complexity index is 665. The Morgan fingerprint density at radius 1 is 0.738 bits per heavy atom. The van der Waals surface area contributed by atoms with Gasteiger partial charge in [-0.2, -0.15) is 0 Å². The fourth-order valence-electron chi connectivity index (χ4n) is 8.54. The van der Waals surface area contributed by atoms with E-state index in [2.05, 4.69) is 39.5 Å². The van der Waals surface area contributed by atoms with E-state index in [1.54, 1.807) is 0 Å². The SMILES string of the molecule is CCCCCCC(=O)OC(CCCC)CCCCCN1C2CCCCC2C(CCCCCC)CC1(C)CCCCCC. The molecule has 5 atom stereocenters. The van der Waals surface area contributed by atoms with Crippen molar-refractivity contribution in [1.82, 2.24) is 4.90 Å². The maximum absolute atomic E-state index is 12.5. The Kier molecular flexibility index (Phi) is 20.5. The van der Waals surface area contributed by atoms with Crippen molar-refractivity contribution in [2.24, 2.45) is 11.8 Å². The lowest BCUT2D eigenvalue weighted by Crippen LogP contribution is -2.61. The van der Waals surface area contributed by atoms with Gasteiger partial charge in [0.1, 0.15) is 6.10 Å². The molecule has 0 spiro atoms. The van der Waals surface area contributed by atoms with Gasteiger partial charge in [-0.05, 0) is 83.1 Å². The largest absolute Gasteiger partial charge is 0.462 e. The van der Waals surface area contributed by atoms with Crippen molar-refractivity contribution in [2.45, 2.75) is 226 Å². The van der Waals surface area contributed by atoms with Gasteiger partial charge in [-0.15, -0.1) is 0 Å². The zero-order valence-corrected chi connectivity index (χ0v) is 29.4. The summed E-state index contributed by atoms with van der Waals surface area (Å²) in [6.07, 6.45) is 34.9. The quantitative estimate of drug-likeness (QED) is 0.0783. The first-order chi connectivity index (χ1) is 20.5. The number of carbonyl (C=O) groups excluding carboxylic acids is 1. The molecule has 0 bridgehead atoms. The molecular formula is C39H75NO2. The lowest BCUT2D eigenvalue weighted by Gasteiger charge is -2.58. The molecule has 2 aliphatic rings. The van der Waals surface area contributed by atoms with Crippen LogP contribution in [-0.2, 0) is 9.53 Å².